The van der Waals surface area contributed by atoms with Crippen molar-refractivity contribution in [2.45, 2.75) is 32.2 Å². The van der Waals surface area contributed by atoms with Crippen molar-refractivity contribution in [3.8, 4) is 5.75 Å². The molecule has 104 valence electrons. The maximum atomic E-state index is 5.49. The van der Waals surface area contributed by atoms with Crippen molar-refractivity contribution < 1.29 is 4.74 Å². The van der Waals surface area contributed by atoms with Gasteiger partial charge in [-0.05, 0) is 62.9 Å². The highest BCUT2D eigenvalue weighted by atomic mass is 16.5. The van der Waals surface area contributed by atoms with Crippen molar-refractivity contribution in [2.75, 3.05) is 31.1 Å². The first-order valence-corrected chi connectivity index (χ1v) is 7.56. The summed E-state index contributed by atoms with van der Waals surface area (Å²) >= 11 is 0. The van der Waals surface area contributed by atoms with Crippen molar-refractivity contribution in [2.24, 2.45) is 5.92 Å². The molecule has 19 heavy (non-hydrogen) atoms. The van der Waals surface area contributed by atoms with Crippen LogP contribution in [0.25, 0.3) is 0 Å². The molecule has 0 spiro atoms. The van der Waals surface area contributed by atoms with Gasteiger partial charge < -0.3 is 15.0 Å². The topological polar surface area (TPSA) is 24.5 Å². The minimum absolute atomic E-state index is 0.734. The molecule has 1 aromatic rings. The van der Waals surface area contributed by atoms with Crippen LogP contribution < -0.4 is 15.0 Å². The molecular weight excluding hydrogens is 236 g/mol. The van der Waals surface area contributed by atoms with E-state index >= 15 is 0 Å². The van der Waals surface area contributed by atoms with Gasteiger partial charge in [0.25, 0.3) is 0 Å². The third kappa shape index (κ3) is 3.41. The summed E-state index contributed by atoms with van der Waals surface area (Å²) in [6.45, 7) is 6.32. The molecule has 1 N–H and O–H groups in total. The first-order valence-electron chi connectivity index (χ1n) is 7.56. The van der Waals surface area contributed by atoms with Gasteiger partial charge >= 0.3 is 0 Å². The molecule has 3 nitrogen and oxygen atoms in total. The van der Waals surface area contributed by atoms with E-state index in [1.54, 1.807) is 0 Å². The molecule has 2 fully saturated rings. The predicted octanol–water partition coefficient (Wildman–Crippen LogP) is 2.66. The van der Waals surface area contributed by atoms with E-state index < -0.39 is 0 Å². The van der Waals surface area contributed by atoms with E-state index in [0.717, 1.165) is 24.3 Å². The zero-order valence-corrected chi connectivity index (χ0v) is 11.8. The Morgan fingerprint density at radius 1 is 1.21 bits per heavy atom. The number of hydrogen-bond donors (Lipinski definition) is 1. The van der Waals surface area contributed by atoms with Crippen LogP contribution in [-0.4, -0.2) is 32.3 Å². The lowest BCUT2D eigenvalue weighted by molar-refractivity contribution is 0.340. The van der Waals surface area contributed by atoms with Crippen LogP contribution in [0.2, 0.25) is 0 Å². The van der Waals surface area contributed by atoms with E-state index in [1.165, 1.54) is 44.6 Å². The summed E-state index contributed by atoms with van der Waals surface area (Å²) in [6, 6.07) is 9.35. The minimum Gasteiger partial charge on any atom is -0.494 e. The Kier molecular flexibility index (Phi) is 3.92. The van der Waals surface area contributed by atoms with E-state index in [-0.39, 0.29) is 0 Å². The SMILES string of the molecule is CCOc1ccc(N2CCC(CNC3CC3)C2)cc1. The highest BCUT2D eigenvalue weighted by molar-refractivity contribution is 5.49. The average molecular weight is 260 g/mol. The van der Waals surface area contributed by atoms with Gasteiger partial charge in [-0.2, -0.15) is 0 Å². The fraction of sp³-hybridized carbons (Fsp3) is 0.625. The number of nitrogens with one attached hydrogen (secondary N) is 1. The van der Waals surface area contributed by atoms with Crippen LogP contribution in [0.3, 0.4) is 0 Å². The summed E-state index contributed by atoms with van der Waals surface area (Å²) in [5, 5.41) is 3.65. The lowest BCUT2D eigenvalue weighted by atomic mass is 10.1. The number of rotatable bonds is 6. The molecule has 1 aliphatic carbocycles. The van der Waals surface area contributed by atoms with Crippen molar-refractivity contribution in [1.29, 1.82) is 0 Å². The largest absolute Gasteiger partial charge is 0.494 e. The van der Waals surface area contributed by atoms with Gasteiger partial charge in [0.15, 0.2) is 0 Å². The second-order valence-electron chi connectivity index (χ2n) is 5.71. The molecule has 1 aliphatic heterocycles. The Hall–Kier alpha value is -1.22. The Balaban J connectivity index is 1.51. The lowest BCUT2D eigenvalue weighted by Gasteiger charge is -2.19. The summed E-state index contributed by atoms with van der Waals surface area (Å²) in [5.74, 6) is 1.78. The fourth-order valence-corrected chi connectivity index (χ4v) is 2.77. The molecule has 1 saturated carbocycles. The summed E-state index contributed by atoms with van der Waals surface area (Å²) < 4.78 is 5.49. The van der Waals surface area contributed by atoms with Gasteiger partial charge in [-0.3, -0.25) is 0 Å². The van der Waals surface area contributed by atoms with Crippen molar-refractivity contribution in [3.05, 3.63) is 24.3 Å². The highest BCUT2D eigenvalue weighted by Crippen LogP contribution is 2.26. The average Bonchev–Trinajstić information content (AvgIpc) is 3.15. The van der Waals surface area contributed by atoms with Crippen LogP contribution in [0.4, 0.5) is 5.69 Å². The Labute approximate surface area is 115 Å². The lowest BCUT2D eigenvalue weighted by Crippen LogP contribution is -2.27. The van der Waals surface area contributed by atoms with E-state index in [0.29, 0.717) is 0 Å². The van der Waals surface area contributed by atoms with Gasteiger partial charge in [-0.15, -0.1) is 0 Å². The Morgan fingerprint density at radius 2 is 2.00 bits per heavy atom. The third-order valence-corrected chi connectivity index (χ3v) is 4.07. The van der Waals surface area contributed by atoms with Crippen molar-refractivity contribution >= 4 is 5.69 Å². The molecule has 3 rings (SSSR count). The fourth-order valence-electron chi connectivity index (χ4n) is 2.77. The smallest absolute Gasteiger partial charge is 0.119 e. The van der Waals surface area contributed by atoms with Gasteiger partial charge in [-0.1, -0.05) is 0 Å². The Bertz CT molecular complexity index is 400. The normalized spacial score (nSPS) is 22.8. The highest BCUT2D eigenvalue weighted by Gasteiger charge is 2.26. The maximum absolute atomic E-state index is 5.49. The number of nitrogens with zero attached hydrogens (tertiary/aromatic N) is 1. The second-order valence-corrected chi connectivity index (χ2v) is 5.71. The first-order chi connectivity index (χ1) is 9.35. The number of ether oxygens (including phenoxy) is 1. The van der Waals surface area contributed by atoms with Gasteiger partial charge in [0.05, 0.1) is 6.61 Å². The third-order valence-electron chi connectivity index (χ3n) is 4.07. The molecule has 0 radical (unpaired) electrons. The molecule has 2 aliphatic rings. The molecule has 0 bridgehead atoms. The van der Waals surface area contributed by atoms with E-state index in [9.17, 15) is 0 Å². The van der Waals surface area contributed by atoms with Crippen molar-refractivity contribution in [1.82, 2.24) is 5.32 Å². The van der Waals surface area contributed by atoms with E-state index in [4.69, 9.17) is 4.74 Å². The molecule has 1 unspecified atom stereocenters. The van der Waals surface area contributed by atoms with Crippen LogP contribution in [0.15, 0.2) is 24.3 Å². The molecule has 1 saturated heterocycles. The zero-order chi connectivity index (χ0) is 13.1. The first kappa shape index (κ1) is 12.8. The second kappa shape index (κ2) is 5.83. The van der Waals surface area contributed by atoms with E-state index in [1.807, 2.05) is 6.92 Å². The molecule has 1 atom stereocenters. The molecule has 0 amide bonds. The van der Waals surface area contributed by atoms with Crippen molar-refractivity contribution in [3.63, 3.8) is 0 Å². The zero-order valence-electron chi connectivity index (χ0n) is 11.8. The van der Waals surface area contributed by atoms with Crippen LogP contribution in [0.5, 0.6) is 5.75 Å². The Morgan fingerprint density at radius 3 is 2.68 bits per heavy atom. The van der Waals surface area contributed by atoms with Gasteiger partial charge in [0, 0.05) is 24.8 Å². The molecular formula is C16H24N2O. The van der Waals surface area contributed by atoms with Gasteiger partial charge in [-0.25, -0.2) is 0 Å². The quantitative estimate of drug-likeness (QED) is 0.851. The molecule has 1 heterocycles. The van der Waals surface area contributed by atoms with Crippen LogP contribution in [0.1, 0.15) is 26.2 Å². The monoisotopic (exact) mass is 260 g/mol. The van der Waals surface area contributed by atoms with Crippen LogP contribution >= 0.6 is 0 Å². The number of anilines is 1. The summed E-state index contributed by atoms with van der Waals surface area (Å²) in [5.41, 5.74) is 1.33. The summed E-state index contributed by atoms with van der Waals surface area (Å²) in [4.78, 5) is 2.50. The standard InChI is InChI=1S/C16H24N2O/c1-2-19-16-7-5-15(6-8-16)18-10-9-13(12-18)11-17-14-3-4-14/h5-8,13-14,17H,2-4,9-12H2,1H3. The predicted molar refractivity (Wildman–Crippen MR) is 79.0 cm³/mol. The van der Waals surface area contributed by atoms with Crippen LogP contribution in [-0.2, 0) is 0 Å². The van der Waals surface area contributed by atoms with Crippen LogP contribution in [0, 0.1) is 5.92 Å². The molecule has 0 aromatic heterocycles. The van der Waals surface area contributed by atoms with Gasteiger partial charge in [0.2, 0.25) is 0 Å². The number of hydrogen-bond acceptors (Lipinski definition) is 3. The van der Waals surface area contributed by atoms with Gasteiger partial charge in [0.1, 0.15) is 5.75 Å². The molecule has 1 aromatic carbocycles. The summed E-state index contributed by atoms with van der Waals surface area (Å²) in [6.07, 6.45) is 4.08. The van der Waals surface area contributed by atoms with E-state index in [2.05, 4.69) is 34.5 Å². The number of benzene rings is 1. The minimum atomic E-state index is 0.734. The maximum Gasteiger partial charge on any atom is 0.119 e. The molecule has 3 heteroatoms. The summed E-state index contributed by atoms with van der Waals surface area (Å²) in [7, 11) is 0.